The molecular formula is C10H10N4S. The largest absolute Gasteiger partial charge is 0.389 e. The molecule has 5 heteroatoms. The number of aromatic nitrogens is 1. The van der Waals surface area contributed by atoms with E-state index in [4.69, 9.17) is 11.0 Å². The van der Waals surface area contributed by atoms with Gasteiger partial charge >= 0.3 is 0 Å². The molecule has 0 aliphatic rings. The molecule has 0 unspecified atom stereocenters. The lowest BCUT2D eigenvalue weighted by Gasteiger charge is -2.01. The molecule has 0 saturated carbocycles. The number of nitrogens with one attached hydrogen (secondary N) is 1. The Kier molecular flexibility index (Phi) is 3.77. The van der Waals surface area contributed by atoms with Crippen LogP contribution < -0.4 is 11.1 Å². The third kappa shape index (κ3) is 3.37. The van der Waals surface area contributed by atoms with Crippen molar-refractivity contribution in [2.75, 3.05) is 5.32 Å². The van der Waals surface area contributed by atoms with Gasteiger partial charge in [0.25, 0.3) is 0 Å². The maximum Gasteiger partial charge on any atom is 0.130 e. The SMILES string of the molecule is Cc1cccc(N/C=C(\C#N)C(N)=S)n1. The van der Waals surface area contributed by atoms with Gasteiger partial charge < -0.3 is 11.1 Å². The predicted molar refractivity (Wildman–Crippen MR) is 63.1 cm³/mol. The first-order chi connectivity index (χ1) is 7.13. The average molecular weight is 218 g/mol. The summed E-state index contributed by atoms with van der Waals surface area (Å²) in [4.78, 5) is 4.26. The van der Waals surface area contributed by atoms with E-state index in [1.54, 1.807) is 6.07 Å². The van der Waals surface area contributed by atoms with Crippen molar-refractivity contribution < 1.29 is 0 Å². The Morgan fingerprint density at radius 2 is 2.40 bits per heavy atom. The Morgan fingerprint density at radius 3 is 2.93 bits per heavy atom. The first-order valence-electron chi connectivity index (χ1n) is 4.23. The Bertz CT molecular complexity index is 445. The van der Waals surface area contributed by atoms with E-state index in [1.165, 1.54) is 6.20 Å². The summed E-state index contributed by atoms with van der Waals surface area (Å²) in [5, 5.41) is 11.5. The highest BCUT2D eigenvalue weighted by Gasteiger charge is 1.98. The van der Waals surface area contributed by atoms with E-state index >= 15 is 0 Å². The van der Waals surface area contributed by atoms with Gasteiger partial charge in [-0.05, 0) is 19.1 Å². The fourth-order valence-corrected chi connectivity index (χ4v) is 1.03. The van der Waals surface area contributed by atoms with E-state index in [2.05, 4.69) is 22.5 Å². The standard InChI is InChI=1S/C10H10N4S/c1-7-3-2-4-9(14-7)13-6-8(5-11)10(12)15/h2-4,6H,1H3,(H2,12,15)(H,13,14)/b8-6+. The average Bonchev–Trinajstić information content (AvgIpc) is 2.18. The van der Waals surface area contributed by atoms with Gasteiger partial charge in [0.15, 0.2) is 0 Å². The van der Waals surface area contributed by atoms with Crippen molar-refractivity contribution in [1.82, 2.24) is 4.98 Å². The van der Waals surface area contributed by atoms with Crippen LogP contribution in [0.5, 0.6) is 0 Å². The van der Waals surface area contributed by atoms with Crippen LogP contribution >= 0.6 is 12.2 Å². The number of pyridine rings is 1. The van der Waals surface area contributed by atoms with E-state index in [0.717, 1.165) is 5.69 Å². The van der Waals surface area contributed by atoms with E-state index < -0.39 is 0 Å². The van der Waals surface area contributed by atoms with Crippen molar-refractivity contribution >= 4 is 23.0 Å². The highest BCUT2D eigenvalue weighted by atomic mass is 32.1. The summed E-state index contributed by atoms with van der Waals surface area (Å²) in [6.45, 7) is 1.88. The van der Waals surface area contributed by atoms with Gasteiger partial charge in [0.1, 0.15) is 22.4 Å². The maximum atomic E-state index is 8.68. The molecule has 76 valence electrons. The summed E-state index contributed by atoms with van der Waals surface area (Å²) in [6, 6.07) is 7.43. The Balaban J connectivity index is 2.80. The lowest BCUT2D eigenvalue weighted by atomic mass is 10.3. The summed E-state index contributed by atoms with van der Waals surface area (Å²) < 4.78 is 0. The minimum absolute atomic E-state index is 0.0673. The summed E-state index contributed by atoms with van der Waals surface area (Å²) in [7, 11) is 0. The molecule has 0 fully saturated rings. The number of rotatable bonds is 3. The van der Waals surface area contributed by atoms with Crippen LogP contribution in [0.2, 0.25) is 0 Å². The molecule has 1 aromatic rings. The lowest BCUT2D eigenvalue weighted by Crippen LogP contribution is -2.11. The van der Waals surface area contributed by atoms with Gasteiger partial charge in [0.2, 0.25) is 0 Å². The summed E-state index contributed by atoms with van der Waals surface area (Å²) >= 11 is 4.68. The lowest BCUT2D eigenvalue weighted by molar-refractivity contribution is 1.20. The second-order valence-electron chi connectivity index (χ2n) is 2.84. The number of nitriles is 1. The molecule has 0 saturated heterocycles. The minimum atomic E-state index is 0.0673. The quantitative estimate of drug-likeness (QED) is 0.457. The normalized spacial score (nSPS) is 10.5. The maximum absolute atomic E-state index is 8.68. The fraction of sp³-hybridized carbons (Fsp3) is 0.100. The zero-order valence-corrected chi connectivity index (χ0v) is 9.01. The summed E-state index contributed by atoms with van der Waals surface area (Å²) in [6.07, 6.45) is 1.45. The number of hydrogen-bond acceptors (Lipinski definition) is 4. The third-order valence-electron chi connectivity index (χ3n) is 1.64. The number of hydrogen-bond donors (Lipinski definition) is 2. The Hall–Kier alpha value is -1.93. The number of aryl methyl sites for hydroxylation is 1. The molecule has 4 nitrogen and oxygen atoms in total. The zero-order chi connectivity index (χ0) is 11.3. The summed E-state index contributed by atoms with van der Waals surface area (Å²) in [5.41, 5.74) is 6.44. The van der Waals surface area contributed by atoms with Crippen LogP contribution in [0, 0.1) is 18.3 Å². The van der Waals surface area contributed by atoms with Crippen LogP contribution in [0.15, 0.2) is 30.0 Å². The van der Waals surface area contributed by atoms with Crippen LogP contribution in [0.25, 0.3) is 0 Å². The van der Waals surface area contributed by atoms with Gasteiger partial charge in [-0.2, -0.15) is 5.26 Å². The van der Waals surface area contributed by atoms with Crippen LogP contribution in [0.3, 0.4) is 0 Å². The number of nitrogens with two attached hydrogens (primary N) is 1. The Labute approximate surface area is 93.4 Å². The molecular weight excluding hydrogens is 208 g/mol. The smallest absolute Gasteiger partial charge is 0.130 e. The van der Waals surface area contributed by atoms with Crippen molar-refractivity contribution in [3.05, 3.63) is 35.7 Å². The van der Waals surface area contributed by atoms with Crippen LogP contribution in [-0.4, -0.2) is 9.97 Å². The van der Waals surface area contributed by atoms with Gasteiger partial charge in [-0.1, -0.05) is 18.3 Å². The predicted octanol–water partition coefficient (Wildman–Crippen LogP) is 1.50. The molecule has 0 spiro atoms. The van der Waals surface area contributed by atoms with E-state index in [9.17, 15) is 0 Å². The van der Waals surface area contributed by atoms with Crippen molar-refractivity contribution in [1.29, 1.82) is 5.26 Å². The molecule has 0 bridgehead atoms. The van der Waals surface area contributed by atoms with Crippen molar-refractivity contribution in [2.24, 2.45) is 5.73 Å². The molecule has 0 amide bonds. The van der Waals surface area contributed by atoms with Crippen molar-refractivity contribution in [3.63, 3.8) is 0 Å². The third-order valence-corrected chi connectivity index (χ3v) is 1.86. The second kappa shape index (κ2) is 5.08. The molecule has 1 heterocycles. The van der Waals surface area contributed by atoms with Gasteiger partial charge in [-0.25, -0.2) is 4.98 Å². The second-order valence-corrected chi connectivity index (χ2v) is 3.28. The molecule has 1 rings (SSSR count). The Morgan fingerprint density at radius 1 is 1.67 bits per heavy atom. The fourth-order valence-electron chi connectivity index (χ4n) is 0.928. The molecule has 0 aliphatic carbocycles. The van der Waals surface area contributed by atoms with Crippen LogP contribution in [-0.2, 0) is 0 Å². The highest BCUT2D eigenvalue weighted by molar-refractivity contribution is 7.80. The summed E-state index contributed by atoms with van der Waals surface area (Å²) in [5.74, 6) is 0.652. The highest BCUT2D eigenvalue weighted by Crippen LogP contribution is 2.04. The minimum Gasteiger partial charge on any atom is -0.389 e. The van der Waals surface area contributed by atoms with Gasteiger partial charge in [0.05, 0.1) is 0 Å². The van der Waals surface area contributed by atoms with E-state index in [0.29, 0.717) is 5.82 Å². The van der Waals surface area contributed by atoms with Gasteiger partial charge in [-0.3, -0.25) is 0 Å². The first kappa shape index (κ1) is 11.1. The molecule has 1 aromatic heterocycles. The van der Waals surface area contributed by atoms with E-state index in [1.807, 2.05) is 25.1 Å². The number of thiocarbonyl (C=S) groups is 1. The van der Waals surface area contributed by atoms with Gasteiger partial charge in [-0.15, -0.1) is 0 Å². The first-order valence-corrected chi connectivity index (χ1v) is 4.64. The molecule has 3 N–H and O–H groups in total. The van der Waals surface area contributed by atoms with E-state index in [-0.39, 0.29) is 10.6 Å². The number of anilines is 1. The molecule has 0 atom stereocenters. The van der Waals surface area contributed by atoms with Gasteiger partial charge in [0, 0.05) is 11.9 Å². The molecule has 0 aromatic carbocycles. The molecule has 15 heavy (non-hydrogen) atoms. The van der Waals surface area contributed by atoms with Crippen LogP contribution in [0.1, 0.15) is 5.69 Å². The molecule has 0 radical (unpaired) electrons. The van der Waals surface area contributed by atoms with Crippen molar-refractivity contribution in [2.45, 2.75) is 6.92 Å². The zero-order valence-electron chi connectivity index (χ0n) is 8.19. The number of nitrogens with zero attached hydrogens (tertiary/aromatic N) is 2. The van der Waals surface area contributed by atoms with Crippen LogP contribution in [0.4, 0.5) is 5.82 Å². The molecule has 0 aliphatic heterocycles. The van der Waals surface area contributed by atoms with Crippen molar-refractivity contribution in [3.8, 4) is 6.07 Å². The monoisotopic (exact) mass is 218 g/mol. The topological polar surface area (TPSA) is 74.7 Å².